The van der Waals surface area contributed by atoms with Crippen molar-refractivity contribution in [1.29, 1.82) is 0 Å². The number of nitrogens with two attached hydrogens (primary N) is 1. The van der Waals surface area contributed by atoms with Crippen LogP contribution in [-0.2, 0) is 11.3 Å². The fourth-order valence-electron chi connectivity index (χ4n) is 2.36. The van der Waals surface area contributed by atoms with Gasteiger partial charge in [0.15, 0.2) is 11.5 Å². The summed E-state index contributed by atoms with van der Waals surface area (Å²) in [6, 6.07) is 13.5. The van der Waals surface area contributed by atoms with Crippen molar-refractivity contribution in [1.82, 2.24) is 0 Å². The Hall–Kier alpha value is -2.73. The Morgan fingerprint density at radius 2 is 1.75 bits per heavy atom. The van der Waals surface area contributed by atoms with Crippen LogP contribution in [0.15, 0.2) is 42.5 Å². The van der Waals surface area contributed by atoms with Gasteiger partial charge >= 0.3 is 0 Å². The first-order valence-corrected chi connectivity index (χ1v) is 7.59. The van der Waals surface area contributed by atoms with Gasteiger partial charge in [0.05, 0.1) is 20.8 Å². The Labute approximate surface area is 142 Å². The molecule has 6 heteroatoms. The predicted molar refractivity (Wildman–Crippen MR) is 95.8 cm³/mol. The summed E-state index contributed by atoms with van der Waals surface area (Å²) >= 11 is 0. The van der Waals surface area contributed by atoms with Crippen LogP contribution < -0.4 is 25.4 Å². The zero-order valence-corrected chi connectivity index (χ0v) is 14.2. The number of amides is 1. The Bertz CT molecular complexity index is 686. The predicted octanol–water partition coefficient (Wildman–Crippen LogP) is 2.24. The first kappa shape index (κ1) is 17.6. The molecule has 0 spiro atoms. The molecule has 0 saturated heterocycles. The number of methoxy groups -OCH3 is 2. The first-order chi connectivity index (χ1) is 11.6. The highest BCUT2D eigenvalue weighted by Gasteiger charge is 2.08. The van der Waals surface area contributed by atoms with Crippen molar-refractivity contribution < 1.29 is 14.3 Å². The third kappa shape index (κ3) is 4.39. The van der Waals surface area contributed by atoms with Crippen molar-refractivity contribution in [3.8, 4) is 11.5 Å². The minimum Gasteiger partial charge on any atom is -0.493 e. The van der Waals surface area contributed by atoms with E-state index in [0.717, 1.165) is 23.5 Å². The molecule has 3 N–H and O–H groups in total. The molecule has 2 aromatic rings. The van der Waals surface area contributed by atoms with E-state index in [1.54, 1.807) is 14.2 Å². The topological polar surface area (TPSA) is 76.8 Å². The molecule has 2 aromatic carbocycles. The van der Waals surface area contributed by atoms with Gasteiger partial charge in [0.2, 0.25) is 5.91 Å². The Balaban J connectivity index is 2.06. The van der Waals surface area contributed by atoms with Crippen molar-refractivity contribution in [3.05, 3.63) is 48.0 Å². The first-order valence-electron chi connectivity index (χ1n) is 7.59. The van der Waals surface area contributed by atoms with Gasteiger partial charge in [-0.1, -0.05) is 6.07 Å². The van der Waals surface area contributed by atoms with Gasteiger partial charge in [-0.25, -0.2) is 0 Å². The van der Waals surface area contributed by atoms with E-state index in [1.165, 1.54) is 0 Å². The number of nitrogens with one attached hydrogen (secondary N) is 1. The third-order valence-electron chi connectivity index (χ3n) is 3.64. The zero-order valence-electron chi connectivity index (χ0n) is 14.2. The molecule has 0 aliphatic rings. The molecule has 0 heterocycles. The van der Waals surface area contributed by atoms with Crippen molar-refractivity contribution in [2.45, 2.75) is 6.54 Å². The van der Waals surface area contributed by atoms with Gasteiger partial charge in [0.25, 0.3) is 0 Å². The van der Waals surface area contributed by atoms with Crippen LogP contribution in [0.5, 0.6) is 11.5 Å². The van der Waals surface area contributed by atoms with Gasteiger partial charge in [0, 0.05) is 25.0 Å². The largest absolute Gasteiger partial charge is 0.493 e. The number of nitrogens with zero attached hydrogens (tertiary/aromatic N) is 1. The van der Waals surface area contributed by atoms with E-state index in [4.69, 9.17) is 15.2 Å². The van der Waals surface area contributed by atoms with Gasteiger partial charge in [-0.3, -0.25) is 4.79 Å². The molecule has 0 unspecified atom stereocenters. The van der Waals surface area contributed by atoms with Crippen LogP contribution in [0.4, 0.5) is 11.4 Å². The van der Waals surface area contributed by atoms with Crippen molar-refractivity contribution in [3.63, 3.8) is 0 Å². The summed E-state index contributed by atoms with van der Waals surface area (Å²) in [5.74, 6) is 1.22. The smallest absolute Gasteiger partial charge is 0.238 e. The number of hydrogen-bond donors (Lipinski definition) is 2. The van der Waals surface area contributed by atoms with Gasteiger partial charge < -0.3 is 25.4 Å². The standard InChI is InChI=1S/C18H23N3O3/c1-21(12-13-4-9-16(23-2)17(10-13)24-3)15-7-5-14(6-8-15)20-18(22)11-19/h4-10H,11-12,19H2,1-3H3,(H,20,22). The fourth-order valence-corrected chi connectivity index (χ4v) is 2.36. The van der Waals surface area contributed by atoms with Gasteiger partial charge in [-0.2, -0.15) is 0 Å². The lowest BCUT2D eigenvalue weighted by molar-refractivity contribution is -0.114. The summed E-state index contributed by atoms with van der Waals surface area (Å²) in [6.45, 7) is 0.690. The summed E-state index contributed by atoms with van der Waals surface area (Å²) in [5, 5.41) is 2.72. The van der Waals surface area contributed by atoms with Crippen molar-refractivity contribution in [2.24, 2.45) is 5.73 Å². The van der Waals surface area contributed by atoms with Crippen molar-refractivity contribution in [2.75, 3.05) is 38.0 Å². The molecular weight excluding hydrogens is 306 g/mol. The quantitative estimate of drug-likeness (QED) is 0.815. The number of carbonyl (C=O) groups excluding carboxylic acids is 1. The van der Waals surface area contributed by atoms with E-state index in [9.17, 15) is 4.79 Å². The van der Waals surface area contributed by atoms with E-state index in [0.29, 0.717) is 11.5 Å². The molecule has 24 heavy (non-hydrogen) atoms. The average molecular weight is 329 g/mol. The molecule has 0 aromatic heterocycles. The number of benzene rings is 2. The van der Waals surface area contributed by atoms with Crippen LogP contribution in [0, 0.1) is 0 Å². The van der Waals surface area contributed by atoms with Crippen molar-refractivity contribution >= 4 is 17.3 Å². The third-order valence-corrected chi connectivity index (χ3v) is 3.64. The van der Waals surface area contributed by atoms with Crippen LogP contribution >= 0.6 is 0 Å². The zero-order chi connectivity index (χ0) is 17.5. The molecule has 2 rings (SSSR count). The number of carbonyl (C=O) groups is 1. The molecular formula is C18H23N3O3. The maximum absolute atomic E-state index is 11.3. The highest BCUT2D eigenvalue weighted by atomic mass is 16.5. The maximum Gasteiger partial charge on any atom is 0.238 e. The Morgan fingerprint density at radius 1 is 1.08 bits per heavy atom. The second-order valence-corrected chi connectivity index (χ2v) is 5.34. The molecule has 0 bridgehead atoms. The van der Waals surface area contributed by atoms with Gasteiger partial charge in [0.1, 0.15) is 0 Å². The molecule has 6 nitrogen and oxygen atoms in total. The van der Waals surface area contributed by atoms with E-state index >= 15 is 0 Å². The summed E-state index contributed by atoms with van der Waals surface area (Å²) in [4.78, 5) is 13.4. The monoisotopic (exact) mass is 329 g/mol. The molecule has 0 aliphatic heterocycles. The fraction of sp³-hybridized carbons (Fsp3) is 0.278. The van der Waals surface area contributed by atoms with E-state index < -0.39 is 0 Å². The lowest BCUT2D eigenvalue weighted by atomic mass is 10.1. The van der Waals surface area contributed by atoms with Crippen LogP contribution in [0.3, 0.4) is 0 Å². The lowest BCUT2D eigenvalue weighted by Gasteiger charge is -2.20. The summed E-state index contributed by atoms with van der Waals surface area (Å²) in [5.41, 5.74) is 8.16. The number of rotatable bonds is 7. The van der Waals surface area contributed by atoms with Crippen LogP contribution in [0.1, 0.15) is 5.56 Å². The van der Waals surface area contributed by atoms with Crippen LogP contribution in [-0.4, -0.2) is 33.7 Å². The molecule has 0 saturated carbocycles. The second kappa shape index (κ2) is 8.21. The summed E-state index contributed by atoms with van der Waals surface area (Å²) < 4.78 is 10.6. The number of hydrogen-bond acceptors (Lipinski definition) is 5. The average Bonchev–Trinajstić information content (AvgIpc) is 2.61. The minimum atomic E-state index is -0.207. The number of anilines is 2. The maximum atomic E-state index is 11.3. The molecule has 0 atom stereocenters. The van der Waals surface area contributed by atoms with Gasteiger partial charge in [-0.05, 0) is 42.0 Å². The van der Waals surface area contributed by atoms with Crippen LogP contribution in [0.25, 0.3) is 0 Å². The lowest BCUT2D eigenvalue weighted by Crippen LogP contribution is -2.22. The Morgan fingerprint density at radius 3 is 2.33 bits per heavy atom. The molecule has 1 amide bonds. The molecule has 0 radical (unpaired) electrons. The highest BCUT2D eigenvalue weighted by molar-refractivity contribution is 5.92. The van der Waals surface area contributed by atoms with E-state index in [1.807, 2.05) is 49.5 Å². The Kier molecular flexibility index (Phi) is 6.03. The number of ether oxygens (including phenoxy) is 2. The van der Waals surface area contributed by atoms with Crippen LogP contribution in [0.2, 0.25) is 0 Å². The van der Waals surface area contributed by atoms with E-state index in [-0.39, 0.29) is 12.5 Å². The molecule has 128 valence electrons. The minimum absolute atomic E-state index is 0.0268. The summed E-state index contributed by atoms with van der Waals surface area (Å²) in [6.07, 6.45) is 0. The second-order valence-electron chi connectivity index (χ2n) is 5.34. The normalized spacial score (nSPS) is 10.2. The molecule has 0 fully saturated rings. The summed E-state index contributed by atoms with van der Waals surface area (Å²) in [7, 11) is 5.25. The molecule has 0 aliphatic carbocycles. The SMILES string of the molecule is COc1ccc(CN(C)c2ccc(NC(=O)CN)cc2)cc1OC. The highest BCUT2D eigenvalue weighted by Crippen LogP contribution is 2.28. The van der Waals surface area contributed by atoms with E-state index in [2.05, 4.69) is 10.2 Å². The van der Waals surface area contributed by atoms with Gasteiger partial charge in [-0.15, -0.1) is 0 Å².